The largest absolute Gasteiger partial charge is 0.489 e. The van der Waals surface area contributed by atoms with Crippen LogP contribution in [0.5, 0.6) is 5.75 Å². The van der Waals surface area contributed by atoms with Crippen molar-refractivity contribution in [3.8, 4) is 5.75 Å². The lowest BCUT2D eigenvalue weighted by molar-refractivity contribution is -0.157. The van der Waals surface area contributed by atoms with Gasteiger partial charge in [-0.2, -0.15) is 0 Å². The quantitative estimate of drug-likeness (QED) is 0.746. The van der Waals surface area contributed by atoms with Crippen LogP contribution in [-0.4, -0.2) is 11.1 Å². The Morgan fingerprint density at radius 2 is 1.96 bits per heavy atom. The minimum Gasteiger partial charge on any atom is -0.489 e. The van der Waals surface area contributed by atoms with Gasteiger partial charge in [0.1, 0.15) is 12.4 Å². The SMILES string of the molecule is Cc1ccccc1COc1ccc2c(c1)[C@@]1(C)CCC[C@](C)(C(=O)O)[C@@H]1CC2. The summed E-state index contributed by atoms with van der Waals surface area (Å²) in [6.45, 7) is 6.90. The minimum absolute atomic E-state index is 0.0962. The third-order valence-corrected chi connectivity index (χ3v) is 7.47. The Hall–Kier alpha value is -2.29. The van der Waals surface area contributed by atoms with Gasteiger partial charge in [0.15, 0.2) is 0 Å². The van der Waals surface area contributed by atoms with E-state index in [1.165, 1.54) is 22.3 Å². The third kappa shape index (κ3) is 3.01. The molecule has 3 atom stereocenters. The Labute approximate surface area is 167 Å². The molecule has 0 saturated heterocycles. The number of fused-ring (bicyclic) bond motifs is 3. The molecule has 0 spiro atoms. The van der Waals surface area contributed by atoms with Gasteiger partial charge in [-0.25, -0.2) is 0 Å². The lowest BCUT2D eigenvalue weighted by Gasteiger charge is -2.53. The van der Waals surface area contributed by atoms with Crippen LogP contribution in [0.2, 0.25) is 0 Å². The fourth-order valence-electron chi connectivity index (χ4n) is 5.72. The van der Waals surface area contributed by atoms with Crippen LogP contribution in [0.1, 0.15) is 61.8 Å². The molecule has 0 amide bonds. The fraction of sp³-hybridized carbons (Fsp3) is 0.480. The number of benzene rings is 2. The first-order valence-electron chi connectivity index (χ1n) is 10.4. The number of hydrogen-bond donors (Lipinski definition) is 1. The number of carboxylic acid groups (broad SMARTS) is 1. The van der Waals surface area contributed by atoms with Gasteiger partial charge in [0.2, 0.25) is 0 Å². The molecule has 2 aliphatic carbocycles. The van der Waals surface area contributed by atoms with Gasteiger partial charge < -0.3 is 9.84 Å². The van der Waals surface area contributed by atoms with Gasteiger partial charge in [0.25, 0.3) is 0 Å². The van der Waals surface area contributed by atoms with E-state index in [0.29, 0.717) is 6.61 Å². The van der Waals surface area contributed by atoms with Crippen molar-refractivity contribution in [2.75, 3.05) is 0 Å². The zero-order chi connectivity index (χ0) is 19.9. The molecule has 3 heteroatoms. The van der Waals surface area contributed by atoms with Crippen LogP contribution in [-0.2, 0) is 23.2 Å². The predicted octanol–water partition coefficient (Wildman–Crippen LogP) is 5.67. The second-order valence-corrected chi connectivity index (χ2v) is 9.12. The molecule has 2 aliphatic rings. The van der Waals surface area contributed by atoms with E-state index in [9.17, 15) is 9.90 Å². The molecular formula is C25H30O3. The van der Waals surface area contributed by atoms with Crippen LogP contribution in [0.15, 0.2) is 42.5 Å². The van der Waals surface area contributed by atoms with Gasteiger partial charge >= 0.3 is 5.97 Å². The van der Waals surface area contributed by atoms with Crippen molar-refractivity contribution >= 4 is 5.97 Å². The van der Waals surface area contributed by atoms with Crippen molar-refractivity contribution in [1.29, 1.82) is 0 Å². The second kappa shape index (κ2) is 6.95. The third-order valence-electron chi connectivity index (χ3n) is 7.47. The van der Waals surface area contributed by atoms with Crippen molar-refractivity contribution in [1.82, 2.24) is 0 Å². The Balaban J connectivity index is 1.64. The first kappa shape index (κ1) is 19.0. The zero-order valence-corrected chi connectivity index (χ0v) is 17.1. The molecule has 0 heterocycles. The number of ether oxygens (including phenoxy) is 1. The van der Waals surface area contributed by atoms with Gasteiger partial charge in [-0.15, -0.1) is 0 Å². The minimum atomic E-state index is -0.640. The summed E-state index contributed by atoms with van der Waals surface area (Å²) in [4.78, 5) is 12.1. The Bertz CT molecular complexity index is 902. The van der Waals surface area contributed by atoms with E-state index in [2.05, 4.69) is 44.2 Å². The van der Waals surface area contributed by atoms with E-state index in [1.54, 1.807) is 0 Å². The number of hydrogen-bond acceptors (Lipinski definition) is 2. The van der Waals surface area contributed by atoms with Crippen molar-refractivity contribution in [3.05, 3.63) is 64.7 Å². The molecule has 148 valence electrons. The maximum Gasteiger partial charge on any atom is 0.309 e. The molecule has 1 fully saturated rings. The van der Waals surface area contributed by atoms with E-state index in [-0.39, 0.29) is 11.3 Å². The van der Waals surface area contributed by atoms with Crippen LogP contribution < -0.4 is 4.74 Å². The summed E-state index contributed by atoms with van der Waals surface area (Å²) in [6.07, 6.45) is 4.70. The number of carbonyl (C=O) groups is 1. The highest BCUT2D eigenvalue weighted by molar-refractivity contribution is 5.75. The monoisotopic (exact) mass is 378 g/mol. The molecular weight excluding hydrogens is 348 g/mol. The molecule has 0 bridgehead atoms. The van der Waals surface area contributed by atoms with E-state index in [4.69, 9.17) is 4.74 Å². The van der Waals surface area contributed by atoms with Crippen LogP contribution >= 0.6 is 0 Å². The molecule has 4 rings (SSSR count). The van der Waals surface area contributed by atoms with E-state index in [1.807, 2.05) is 19.1 Å². The highest BCUT2D eigenvalue weighted by Gasteiger charge is 2.55. The molecule has 0 unspecified atom stereocenters. The topological polar surface area (TPSA) is 46.5 Å². The second-order valence-electron chi connectivity index (χ2n) is 9.12. The zero-order valence-electron chi connectivity index (χ0n) is 17.1. The number of aryl methyl sites for hydroxylation is 2. The average Bonchev–Trinajstić information content (AvgIpc) is 2.67. The molecule has 0 aromatic heterocycles. The standard InChI is InChI=1S/C25H30O3/c1-17-7-4-5-8-19(17)16-28-20-11-9-18-10-12-22-24(2,21(18)15-20)13-6-14-25(22,3)23(26)27/h4-5,7-9,11,15,22H,6,10,12-14,16H2,1-3H3,(H,26,27)/t22-,24-,25+/m1/s1. The normalized spacial score (nSPS) is 28.9. The van der Waals surface area contributed by atoms with Crippen molar-refractivity contribution < 1.29 is 14.6 Å². The van der Waals surface area contributed by atoms with Crippen molar-refractivity contribution in [3.63, 3.8) is 0 Å². The summed E-state index contributed by atoms with van der Waals surface area (Å²) in [6, 6.07) is 14.7. The highest BCUT2D eigenvalue weighted by Crippen LogP contribution is 2.57. The van der Waals surface area contributed by atoms with Crippen LogP contribution in [0.3, 0.4) is 0 Å². The molecule has 2 aromatic rings. The summed E-state index contributed by atoms with van der Waals surface area (Å²) in [7, 11) is 0. The summed E-state index contributed by atoms with van der Waals surface area (Å²) in [5.41, 5.74) is 4.36. The molecule has 1 saturated carbocycles. The van der Waals surface area contributed by atoms with E-state index >= 15 is 0 Å². The first-order chi connectivity index (χ1) is 13.3. The van der Waals surface area contributed by atoms with Gasteiger partial charge in [-0.3, -0.25) is 4.79 Å². The van der Waals surface area contributed by atoms with Gasteiger partial charge in [-0.05, 0) is 85.3 Å². The Morgan fingerprint density at radius 3 is 2.71 bits per heavy atom. The maximum atomic E-state index is 12.1. The van der Waals surface area contributed by atoms with Crippen LogP contribution in [0.4, 0.5) is 0 Å². The van der Waals surface area contributed by atoms with Crippen molar-refractivity contribution in [2.24, 2.45) is 11.3 Å². The summed E-state index contributed by atoms with van der Waals surface area (Å²) in [5.74, 6) is 0.413. The molecule has 3 nitrogen and oxygen atoms in total. The summed E-state index contributed by atoms with van der Waals surface area (Å²) < 4.78 is 6.15. The molecule has 0 aliphatic heterocycles. The van der Waals surface area contributed by atoms with Gasteiger partial charge in [0.05, 0.1) is 5.41 Å². The molecule has 28 heavy (non-hydrogen) atoms. The summed E-state index contributed by atoms with van der Waals surface area (Å²) >= 11 is 0. The van der Waals surface area contributed by atoms with Crippen LogP contribution in [0.25, 0.3) is 0 Å². The maximum absolute atomic E-state index is 12.1. The number of aliphatic carboxylic acids is 1. The fourth-order valence-corrected chi connectivity index (χ4v) is 5.72. The Morgan fingerprint density at radius 1 is 1.18 bits per heavy atom. The molecule has 2 aromatic carbocycles. The van der Waals surface area contributed by atoms with Crippen LogP contribution in [0, 0.1) is 18.3 Å². The van der Waals surface area contributed by atoms with E-state index < -0.39 is 11.4 Å². The lowest BCUT2D eigenvalue weighted by Crippen LogP contribution is -2.52. The first-order valence-corrected chi connectivity index (χ1v) is 10.4. The number of carboxylic acids is 1. The Kier molecular flexibility index (Phi) is 4.73. The highest BCUT2D eigenvalue weighted by atomic mass is 16.5. The predicted molar refractivity (Wildman–Crippen MR) is 111 cm³/mol. The van der Waals surface area contributed by atoms with Gasteiger partial charge in [-0.1, -0.05) is 43.7 Å². The summed E-state index contributed by atoms with van der Waals surface area (Å²) in [5, 5.41) is 9.97. The molecule has 0 radical (unpaired) electrons. The average molecular weight is 379 g/mol. The lowest BCUT2D eigenvalue weighted by atomic mass is 9.50. The van der Waals surface area contributed by atoms with Crippen molar-refractivity contribution in [2.45, 2.75) is 64.9 Å². The smallest absolute Gasteiger partial charge is 0.309 e. The van der Waals surface area contributed by atoms with E-state index in [0.717, 1.165) is 37.9 Å². The van der Waals surface area contributed by atoms with Gasteiger partial charge in [0, 0.05) is 0 Å². The number of rotatable bonds is 4. The molecule has 1 N–H and O–H groups in total.